The Kier molecular flexibility index (Phi) is 3.94. The standard InChI is InChI=1S/C16H23FN2O/c1-2-19(10-11-3-6-16(20)15(17)7-11)14-8-12-4-5-13(9-14)18-12/h3,6-7,12-14,18,20H,2,4-5,8-10H2,1H3. The number of nitrogens with zero attached hydrogens (tertiary/aromatic N) is 1. The number of benzene rings is 1. The molecule has 0 aromatic heterocycles. The summed E-state index contributed by atoms with van der Waals surface area (Å²) in [6.45, 7) is 3.91. The zero-order valence-electron chi connectivity index (χ0n) is 12.0. The number of nitrogens with one attached hydrogen (secondary N) is 1. The summed E-state index contributed by atoms with van der Waals surface area (Å²) in [7, 11) is 0. The van der Waals surface area contributed by atoms with Crippen molar-refractivity contribution in [3.63, 3.8) is 0 Å². The zero-order valence-corrected chi connectivity index (χ0v) is 12.0. The number of halogens is 1. The molecule has 1 aromatic carbocycles. The molecule has 2 aliphatic heterocycles. The van der Waals surface area contributed by atoms with Gasteiger partial charge in [0.25, 0.3) is 0 Å². The van der Waals surface area contributed by atoms with E-state index in [1.165, 1.54) is 37.8 Å². The minimum absolute atomic E-state index is 0.267. The summed E-state index contributed by atoms with van der Waals surface area (Å²) >= 11 is 0. The topological polar surface area (TPSA) is 35.5 Å². The van der Waals surface area contributed by atoms with Gasteiger partial charge in [-0.25, -0.2) is 4.39 Å². The summed E-state index contributed by atoms with van der Waals surface area (Å²) in [5.41, 5.74) is 0.938. The average molecular weight is 278 g/mol. The van der Waals surface area contributed by atoms with Gasteiger partial charge in [0.15, 0.2) is 11.6 Å². The summed E-state index contributed by atoms with van der Waals surface area (Å²) in [6.07, 6.45) is 4.99. The highest BCUT2D eigenvalue weighted by Crippen LogP contribution is 2.30. The molecule has 2 N–H and O–H groups in total. The Morgan fingerprint density at radius 2 is 2.00 bits per heavy atom. The quantitative estimate of drug-likeness (QED) is 0.889. The smallest absolute Gasteiger partial charge is 0.165 e. The third-order valence-electron chi connectivity index (χ3n) is 4.77. The van der Waals surface area contributed by atoms with Crippen LogP contribution in [0.15, 0.2) is 18.2 Å². The molecule has 0 radical (unpaired) electrons. The van der Waals surface area contributed by atoms with Crippen LogP contribution in [0.25, 0.3) is 0 Å². The largest absolute Gasteiger partial charge is 0.505 e. The molecule has 3 rings (SSSR count). The lowest BCUT2D eigenvalue weighted by Gasteiger charge is -2.37. The Labute approximate surface area is 119 Å². The number of rotatable bonds is 4. The van der Waals surface area contributed by atoms with Gasteiger partial charge in [-0.05, 0) is 49.9 Å². The Hall–Kier alpha value is -1.13. The van der Waals surface area contributed by atoms with Gasteiger partial charge >= 0.3 is 0 Å². The highest BCUT2D eigenvalue weighted by atomic mass is 19.1. The van der Waals surface area contributed by atoms with Crippen LogP contribution in [0.5, 0.6) is 5.75 Å². The molecule has 2 atom stereocenters. The van der Waals surface area contributed by atoms with Gasteiger partial charge in [0.2, 0.25) is 0 Å². The van der Waals surface area contributed by atoms with E-state index in [-0.39, 0.29) is 5.75 Å². The third-order valence-corrected chi connectivity index (χ3v) is 4.77. The van der Waals surface area contributed by atoms with Crippen LogP contribution in [0.1, 0.15) is 38.2 Å². The molecule has 2 heterocycles. The maximum atomic E-state index is 13.4. The summed E-state index contributed by atoms with van der Waals surface area (Å²) in [4.78, 5) is 2.44. The fourth-order valence-corrected chi connectivity index (χ4v) is 3.71. The number of phenols is 1. The highest BCUT2D eigenvalue weighted by Gasteiger charge is 2.35. The van der Waals surface area contributed by atoms with E-state index >= 15 is 0 Å². The molecule has 4 heteroatoms. The fourth-order valence-electron chi connectivity index (χ4n) is 3.71. The molecule has 2 saturated heterocycles. The monoisotopic (exact) mass is 278 g/mol. The summed E-state index contributed by atoms with van der Waals surface area (Å²) in [5, 5.41) is 12.9. The van der Waals surface area contributed by atoms with Gasteiger partial charge < -0.3 is 10.4 Å². The molecule has 1 aromatic rings. The van der Waals surface area contributed by atoms with Gasteiger partial charge in [0.05, 0.1) is 0 Å². The Morgan fingerprint density at radius 1 is 1.30 bits per heavy atom. The molecule has 20 heavy (non-hydrogen) atoms. The molecule has 2 aliphatic rings. The molecule has 2 bridgehead atoms. The Bertz CT molecular complexity index is 468. The number of hydrogen-bond acceptors (Lipinski definition) is 3. The normalized spacial score (nSPS) is 29.1. The SMILES string of the molecule is CCN(Cc1ccc(O)c(F)c1)C1CC2CCC(C1)N2. The molecule has 2 unspecified atom stereocenters. The molecule has 2 fully saturated rings. The van der Waals surface area contributed by atoms with Gasteiger partial charge in [-0.1, -0.05) is 13.0 Å². The molecule has 0 amide bonds. The van der Waals surface area contributed by atoms with E-state index in [0.29, 0.717) is 18.1 Å². The van der Waals surface area contributed by atoms with Gasteiger partial charge in [-0.15, -0.1) is 0 Å². The Morgan fingerprint density at radius 3 is 2.60 bits per heavy atom. The lowest BCUT2D eigenvalue weighted by Crippen LogP contribution is -2.47. The van der Waals surface area contributed by atoms with E-state index in [0.717, 1.165) is 18.7 Å². The highest BCUT2D eigenvalue weighted by molar-refractivity contribution is 5.28. The number of fused-ring (bicyclic) bond motifs is 2. The van der Waals surface area contributed by atoms with Crippen molar-refractivity contribution in [2.75, 3.05) is 6.54 Å². The van der Waals surface area contributed by atoms with Crippen LogP contribution in [0, 0.1) is 5.82 Å². The van der Waals surface area contributed by atoms with E-state index < -0.39 is 5.82 Å². The van der Waals surface area contributed by atoms with Crippen LogP contribution >= 0.6 is 0 Å². The van der Waals surface area contributed by atoms with Crippen LogP contribution < -0.4 is 5.32 Å². The predicted molar refractivity (Wildman–Crippen MR) is 77.1 cm³/mol. The van der Waals surface area contributed by atoms with Gasteiger partial charge in [0.1, 0.15) is 0 Å². The Balaban J connectivity index is 1.68. The maximum Gasteiger partial charge on any atom is 0.165 e. The lowest BCUT2D eigenvalue weighted by atomic mass is 9.97. The number of phenolic OH excluding ortho intramolecular Hbond substituents is 1. The molecule has 0 spiro atoms. The number of hydrogen-bond donors (Lipinski definition) is 2. The van der Waals surface area contributed by atoms with Crippen molar-refractivity contribution in [1.82, 2.24) is 10.2 Å². The summed E-state index contributed by atoms with van der Waals surface area (Å²) < 4.78 is 13.4. The van der Waals surface area contributed by atoms with Gasteiger partial charge in [0, 0.05) is 24.7 Å². The minimum Gasteiger partial charge on any atom is -0.505 e. The second-order valence-corrected chi connectivity index (χ2v) is 6.11. The van der Waals surface area contributed by atoms with E-state index in [9.17, 15) is 9.50 Å². The van der Waals surface area contributed by atoms with Crippen LogP contribution in [0.2, 0.25) is 0 Å². The first kappa shape index (κ1) is 13.8. The summed E-state index contributed by atoms with van der Waals surface area (Å²) in [6, 6.07) is 6.65. The second kappa shape index (κ2) is 5.70. The van der Waals surface area contributed by atoms with Crippen molar-refractivity contribution in [3.8, 4) is 5.75 Å². The third kappa shape index (κ3) is 2.81. The van der Waals surface area contributed by atoms with Crippen molar-refractivity contribution in [1.29, 1.82) is 0 Å². The van der Waals surface area contributed by atoms with E-state index in [1.54, 1.807) is 0 Å². The summed E-state index contributed by atoms with van der Waals surface area (Å²) in [5.74, 6) is -0.791. The first-order valence-electron chi connectivity index (χ1n) is 7.63. The van der Waals surface area contributed by atoms with Crippen LogP contribution in [0.4, 0.5) is 4.39 Å². The second-order valence-electron chi connectivity index (χ2n) is 6.11. The molecule has 3 nitrogen and oxygen atoms in total. The molecule has 0 saturated carbocycles. The van der Waals surface area contributed by atoms with E-state index in [1.807, 2.05) is 6.07 Å². The predicted octanol–water partition coefficient (Wildman–Crippen LogP) is 2.64. The van der Waals surface area contributed by atoms with Gasteiger partial charge in [-0.2, -0.15) is 0 Å². The molecular formula is C16H23FN2O. The number of aromatic hydroxyl groups is 1. The molecule has 0 aliphatic carbocycles. The lowest BCUT2D eigenvalue weighted by molar-refractivity contribution is 0.140. The van der Waals surface area contributed by atoms with Crippen LogP contribution in [-0.4, -0.2) is 34.7 Å². The van der Waals surface area contributed by atoms with E-state index in [2.05, 4.69) is 17.1 Å². The van der Waals surface area contributed by atoms with Crippen molar-refractivity contribution >= 4 is 0 Å². The van der Waals surface area contributed by atoms with Gasteiger partial charge in [-0.3, -0.25) is 4.90 Å². The first-order valence-corrected chi connectivity index (χ1v) is 7.63. The van der Waals surface area contributed by atoms with Crippen molar-refractivity contribution in [2.45, 2.75) is 57.3 Å². The average Bonchev–Trinajstić information content (AvgIpc) is 2.78. The maximum absolute atomic E-state index is 13.4. The van der Waals surface area contributed by atoms with Crippen molar-refractivity contribution < 1.29 is 9.50 Å². The first-order chi connectivity index (χ1) is 9.65. The van der Waals surface area contributed by atoms with Crippen LogP contribution in [0.3, 0.4) is 0 Å². The molecule has 110 valence electrons. The van der Waals surface area contributed by atoms with E-state index in [4.69, 9.17) is 0 Å². The van der Waals surface area contributed by atoms with Crippen molar-refractivity contribution in [3.05, 3.63) is 29.6 Å². The number of piperidine rings is 1. The van der Waals surface area contributed by atoms with Crippen LogP contribution in [-0.2, 0) is 6.54 Å². The minimum atomic E-state index is -0.524. The van der Waals surface area contributed by atoms with Crippen molar-refractivity contribution in [2.24, 2.45) is 0 Å². The molecular weight excluding hydrogens is 255 g/mol. The zero-order chi connectivity index (χ0) is 14.1. The fraction of sp³-hybridized carbons (Fsp3) is 0.625.